The third kappa shape index (κ3) is 3.30. The molecule has 2 aromatic heterocycles. The highest BCUT2D eigenvalue weighted by molar-refractivity contribution is 5.66. The Morgan fingerprint density at radius 1 is 1.29 bits per heavy atom. The molecule has 34 heavy (non-hydrogen) atoms. The summed E-state index contributed by atoms with van der Waals surface area (Å²) in [4.78, 5) is 28.8. The molecule has 0 saturated heterocycles. The summed E-state index contributed by atoms with van der Waals surface area (Å²) in [5, 5.41) is 23.0. The third-order valence-corrected chi connectivity index (χ3v) is 8.66. The number of rotatable bonds is 2. The Morgan fingerprint density at radius 2 is 2.06 bits per heavy atom. The number of carbonyl (C=O) groups is 1. The number of hydrogen-bond acceptors (Lipinski definition) is 8. The zero-order valence-electron chi connectivity index (χ0n) is 19.9. The van der Waals surface area contributed by atoms with Gasteiger partial charge in [-0.05, 0) is 55.6 Å². The molecule has 3 heterocycles. The van der Waals surface area contributed by atoms with Crippen LogP contribution in [0, 0.1) is 23.2 Å². The molecule has 0 amide bonds. The van der Waals surface area contributed by atoms with Gasteiger partial charge in [0, 0.05) is 36.9 Å². The van der Waals surface area contributed by atoms with Crippen LogP contribution in [0.15, 0.2) is 39.8 Å². The molecule has 8 atom stereocenters. The van der Waals surface area contributed by atoms with Crippen LogP contribution in [0.2, 0.25) is 0 Å². The summed E-state index contributed by atoms with van der Waals surface area (Å²) in [5.74, 6) is -0.396. The predicted molar refractivity (Wildman–Crippen MR) is 122 cm³/mol. The summed E-state index contributed by atoms with van der Waals surface area (Å²) >= 11 is 0. The molecular formula is C26H31NO7. The van der Waals surface area contributed by atoms with Gasteiger partial charge in [0.2, 0.25) is 0 Å². The Balaban J connectivity index is 1.58. The minimum Gasteiger partial charge on any atom is -0.484 e. The van der Waals surface area contributed by atoms with Crippen LogP contribution in [0.5, 0.6) is 5.75 Å². The lowest BCUT2D eigenvalue weighted by Crippen LogP contribution is -2.68. The van der Waals surface area contributed by atoms with Crippen molar-refractivity contribution in [2.45, 2.75) is 70.9 Å². The van der Waals surface area contributed by atoms with E-state index < -0.39 is 34.8 Å². The normalized spacial score (nSPS) is 38.6. The lowest BCUT2D eigenvalue weighted by atomic mass is 9.46. The Hall–Kier alpha value is -2.71. The van der Waals surface area contributed by atoms with E-state index in [0.717, 1.165) is 0 Å². The van der Waals surface area contributed by atoms with Crippen molar-refractivity contribution in [3.8, 4) is 17.1 Å². The lowest BCUT2D eigenvalue weighted by molar-refractivity contribution is -0.244. The highest BCUT2D eigenvalue weighted by atomic mass is 16.5. The van der Waals surface area contributed by atoms with Crippen LogP contribution in [0.4, 0.5) is 0 Å². The maximum atomic E-state index is 13.1. The van der Waals surface area contributed by atoms with E-state index in [2.05, 4.69) is 11.9 Å². The van der Waals surface area contributed by atoms with Crippen LogP contribution in [0.3, 0.4) is 0 Å². The molecule has 2 unspecified atom stereocenters. The summed E-state index contributed by atoms with van der Waals surface area (Å²) in [6, 6.07) is 5.10. The van der Waals surface area contributed by atoms with Crippen LogP contribution >= 0.6 is 0 Å². The summed E-state index contributed by atoms with van der Waals surface area (Å²) in [6.45, 7) is 7.35. The first-order chi connectivity index (χ1) is 16.1. The molecule has 8 heteroatoms. The fourth-order valence-electron chi connectivity index (χ4n) is 7.04. The van der Waals surface area contributed by atoms with Gasteiger partial charge in [-0.25, -0.2) is 4.79 Å². The number of aliphatic hydroxyl groups is 2. The second kappa shape index (κ2) is 7.92. The molecule has 8 nitrogen and oxygen atoms in total. The van der Waals surface area contributed by atoms with E-state index in [0.29, 0.717) is 24.8 Å². The highest BCUT2D eigenvalue weighted by Crippen LogP contribution is 2.64. The van der Waals surface area contributed by atoms with Crippen molar-refractivity contribution in [1.82, 2.24) is 4.98 Å². The number of hydrogen-bond donors (Lipinski definition) is 2. The molecule has 2 saturated carbocycles. The van der Waals surface area contributed by atoms with Crippen molar-refractivity contribution < 1.29 is 28.9 Å². The first-order valence-electron chi connectivity index (χ1n) is 11.9. The maximum Gasteiger partial charge on any atom is 0.345 e. The number of esters is 1. The van der Waals surface area contributed by atoms with Gasteiger partial charge in [0.25, 0.3) is 0 Å². The van der Waals surface area contributed by atoms with Gasteiger partial charge in [-0.1, -0.05) is 13.8 Å². The zero-order valence-corrected chi connectivity index (χ0v) is 19.9. The average molecular weight is 470 g/mol. The molecule has 2 aromatic rings. The number of ether oxygens (including phenoxy) is 2. The van der Waals surface area contributed by atoms with Crippen molar-refractivity contribution in [3.63, 3.8) is 0 Å². The van der Waals surface area contributed by atoms with E-state index in [9.17, 15) is 19.8 Å². The summed E-state index contributed by atoms with van der Waals surface area (Å²) in [7, 11) is 0. The molecule has 3 aliphatic rings. The molecule has 2 N–H and O–H groups in total. The van der Waals surface area contributed by atoms with Crippen molar-refractivity contribution in [1.29, 1.82) is 0 Å². The number of nitrogens with zero attached hydrogens (tertiary/aromatic N) is 1. The first kappa shape index (κ1) is 23.1. The third-order valence-electron chi connectivity index (χ3n) is 8.66. The van der Waals surface area contributed by atoms with Crippen molar-refractivity contribution >= 4 is 5.97 Å². The lowest BCUT2D eigenvalue weighted by Gasteiger charge is -2.63. The summed E-state index contributed by atoms with van der Waals surface area (Å²) in [6.07, 6.45) is 2.66. The largest absolute Gasteiger partial charge is 0.484 e. The second-order valence-electron chi connectivity index (χ2n) is 10.5. The van der Waals surface area contributed by atoms with Crippen LogP contribution in [-0.4, -0.2) is 39.0 Å². The van der Waals surface area contributed by atoms with Gasteiger partial charge in [0.15, 0.2) is 0 Å². The van der Waals surface area contributed by atoms with Crippen LogP contribution in [0.25, 0.3) is 11.3 Å². The number of pyridine rings is 1. The van der Waals surface area contributed by atoms with E-state index in [4.69, 9.17) is 13.9 Å². The van der Waals surface area contributed by atoms with Gasteiger partial charge >= 0.3 is 11.6 Å². The van der Waals surface area contributed by atoms with E-state index >= 15 is 0 Å². The molecule has 0 aromatic carbocycles. The van der Waals surface area contributed by atoms with Crippen LogP contribution < -0.4 is 10.4 Å². The fraction of sp³-hybridized carbons (Fsp3) is 0.577. The van der Waals surface area contributed by atoms with E-state index in [1.165, 1.54) is 6.92 Å². The van der Waals surface area contributed by atoms with Crippen molar-refractivity contribution in [2.24, 2.45) is 23.2 Å². The molecule has 5 rings (SSSR count). The van der Waals surface area contributed by atoms with Gasteiger partial charge in [0.05, 0.1) is 12.2 Å². The smallest absolute Gasteiger partial charge is 0.345 e. The number of aliphatic hydroxyl groups excluding tert-OH is 2. The molecule has 0 radical (unpaired) electrons. The number of carbonyl (C=O) groups excluding carboxylic acids is 1. The van der Waals surface area contributed by atoms with Gasteiger partial charge in [-0.15, -0.1) is 0 Å². The summed E-state index contributed by atoms with van der Waals surface area (Å²) in [5.41, 5.74) is -1.52. The minimum atomic E-state index is -1.17. The molecule has 182 valence electrons. The van der Waals surface area contributed by atoms with E-state index in [1.807, 2.05) is 13.8 Å². The standard InChI is InChI=1S/C26H31NO7/c1-13-16-10-20(29)26(4)23(25(16,3)8-7-17(13)32-14(2)28)22(30)21-19(34-26)11-18(33-24(21)31)15-6-5-9-27-12-15/h5-6,9,11-13,16-17,20,22-23,29-30H,7-8,10H2,1-4H3/t13-,16?,17+,20+,22+,23?,25+,26-/m1/s1. The molecule has 1 aliphatic heterocycles. The SMILES string of the molecule is CC(=O)O[C@H]1CC[C@@]2(C)C(C[C@H](O)[C@@]3(C)Oc4cc(-c5cccnc5)oc(=O)c4[C@H](O)C23)[C@H]1C. The van der Waals surface area contributed by atoms with Crippen LogP contribution in [0.1, 0.15) is 58.6 Å². The van der Waals surface area contributed by atoms with Gasteiger partial charge in [-0.3, -0.25) is 9.78 Å². The average Bonchev–Trinajstić information content (AvgIpc) is 2.77. The van der Waals surface area contributed by atoms with Crippen molar-refractivity contribution in [2.75, 3.05) is 0 Å². The zero-order chi connectivity index (χ0) is 24.4. The Labute approximate surface area is 197 Å². The highest BCUT2D eigenvalue weighted by Gasteiger charge is 2.66. The maximum absolute atomic E-state index is 13.1. The van der Waals surface area contributed by atoms with E-state index in [1.54, 1.807) is 30.6 Å². The molecule has 0 bridgehead atoms. The first-order valence-corrected chi connectivity index (χ1v) is 11.9. The Bertz CT molecular complexity index is 1160. The van der Waals surface area contributed by atoms with Crippen molar-refractivity contribution in [3.05, 3.63) is 46.6 Å². The number of fused-ring (bicyclic) bond motifs is 4. The van der Waals surface area contributed by atoms with Gasteiger partial charge in [-0.2, -0.15) is 0 Å². The molecule has 2 aliphatic carbocycles. The van der Waals surface area contributed by atoms with Crippen LogP contribution in [-0.2, 0) is 9.53 Å². The Morgan fingerprint density at radius 3 is 2.74 bits per heavy atom. The van der Waals surface area contributed by atoms with E-state index in [-0.39, 0.29) is 41.0 Å². The number of aromatic nitrogens is 1. The molecular weight excluding hydrogens is 438 g/mol. The fourth-order valence-corrected chi connectivity index (χ4v) is 7.04. The topological polar surface area (TPSA) is 119 Å². The minimum absolute atomic E-state index is 0.0141. The van der Waals surface area contributed by atoms with Gasteiger partial charge in [0.1, 0.15) is 28.8 Å². The predicted octanol–water partition coefficient (Wildman–Crippen LogP) is 3.25. The summed E-state index contributed by atoms with van der Waals surface area (Å²) < 4.78 is 17.5. The molecule has 2 fully saturated rings. The van der Waals surface area contributed by atoms with Gasteiger partial charge < -0.3 is 24.1 Å². The second-order valence-corrected chi connectivity index (χ2v) is 10.5. The quantitative estimate of drug-likeness (QED) is 0.644. The Kier molecular flexibility index (Phi) is 5.37. The monoisotopic (exact) mass is 469 g/mol. The molecule has 0 spiro atoms.